The number of alkyl halides is 2. The summed E-state index contributed by atoms with van der Waals surface area (Å²) in [6.45, 7) is 13.1. The maximum absolute atomic E-state index is 12.5. The number of nitrogens with one attached hydrogen (secondary N) is 1. The molecule has 1 aromatic carbocycles. The number of alkyl carbamates (subject to hydrolysis) is 1. The van der Waals surface area contributed by atoms with Gasteiger partial charge in [0.15, 0.2) is 0 Å². The van der Waals surface area contributed by atoms with Gasteiger partial charge in [0.1, 0.15) is 17.0 Å². The van der Waals surface area contributed by atoms with Crippen molar-refractivity contribution in [3.05, 3.63) is 29.3 Å². The van der Waals surface area contributed by atoms with Crippen LogP contribution in [0.5, 0.6) is 5.75 Å². The Morgan fingerprint density at radius 3 is 2.06 bits per heavy atom. The molecule has 0 heterocycles. The van der Waals surface area contributed by atoms with Crippen LogP contribution in [0.15, 0.2) is 18.2 Å². The Morgan fingerprint density at radius 2 is 1.54 bits per heavy atom. The fraction of sp³-hybridized carbons (Fsp3) is 0.640. The molecule has 1 N–H and O–H groups in total. The molecule has 198 valence electrons. The van der Waals surface area contributed by atoms with E-state index >= 15 is 0 Å². The third-order valence-electron chi connectivity index (χ3n) is 4.51. The number of esters is 1. The van der Waals surface area contributed by atoms with E-state index in [1.165, 1.54) is 4.90 Å². The summed E-state index contributed by atoms with van der Waals surface area (Å²) in [5.41, 5.74) is 0.349. The molecule has 1 rings (SSSR count). The molecule has 0 aromatic heterocycles. The number of hydrogen-bond donors (Lipinski definition) is 1. The molecule has 0 aliphatic heterocycles. The number of rotatable bonds is 10. The minimum Gasteiger partial charge on any atom is -0.460 e. The van der Waals surface area contributed by atoms with Crippen LogP contribution in [-0.2, 0) is 20.7 Å². The molecule has 0 bridgehead atoms. The Bertz CT molecular complexity index is 828. The Hall–Kier alpha value is -2.19. The normalized spacial score (nSPS) is 12.5. The van der Waals surface area contributed by atoms with Gasteiger partial charge in [-0.15, -0.1) is 23.2 Å². The first kappa shape index (κ1) is 30.8. The summed E-state index contributed by atoms with van der Waals surface area (Å²) in [5.74, 6) is 0.399. The molecule has 0 radical (unpaired) electrons. The van der Waals surface area contributed by atoms with Gasteiger partial charge in [0.05, 0.1) is 6.42 Å². The van der Waals surface area contributed by atoms with E-state index in [-0.39, 0.29) is 18.2 Å². The summed E-state index contributed by atoms with van der Waals surface area (Å²) in [6, 6.07) is 4.60. The van der Waals surface area contributed by atoms with E-state index in [9.17, 15) is 14.4 Å². The number of carbonyl (C=O) groups is 3. The second-order valence-corrected chi connectivity index (χ2v) is 10.9. The first-order valence-corrected chi connectivity index (χ1v) is 12.6. The topological polar surface area (TPSA) is 94.2 Å². The highest BCUT2D eigenvalue weighted by Crippen LogP contribution is 2.21. The molecule has 0 fully saturated rings. The van der Waals surface area contributed by atoms with Gasteiger partial charge in [0.25, 0.3) is 0 Å². The van der Waals surface area contributed by atoms with Crippen molar-refractivity contribution in [3.8, 4) is 5.75 Å². The molecule has 8 nitrogen and oxygen atoms in total. The zero-order valence-electron chi connectivity index (χ0n) is 21.7. The van der Waals surface area contributed by atoms with Gasteiger partial charge in [0, 0.05) is 30.9 Å². The molecule has 0 aliphatic carbocycles. The van der Waals surface area contributed by atoms with Gasteiger partial charge in [-0.3, -0.25) is 4.79 Å². The number of aryl methyl sites for hydroxylation is 1. The molecule has 0 saturated heterocycles. The summed E-state index contributed by atoms with van der Waals surface area (Å²) in [4.78, 5) is 38.9. The summed E-state index contributed by atoms with van der Waals surface area (Å²) in [5, 5.41) is 2.77. The van der Waals surface area contributed by atoms with Gasteiger partial charge in [0.2, 0.25) is 0 Å². The number of amides is 2. The van der Waals surface area contributed by atoms with Crippen LogP contribution >= 0.6 is 23.2 Å². The van der Waals surface area contributed by atoms with Gasteiger partial charge in [-0.1, -0.05) is 6.07 Å². The second kappa shape index (κ2) is 13.8. The van der Waals surface area contributed by atoms with Crippen LogP contribution in [0.1, 0.15) is 59.1 Å². The van der Waals surface area contributed by atoms with Crippen molar-refractivity contribution in [2.75, 3.05) is 24.8 Å². The largest absolute Gasteiger partial charge is 0.460 e. The van der Waals surface area contributed by atoms with Crippen molar-refractivity contribution < 1.29 is 28.6 Å². The SMILES string of the molecule is Cc1ccc(OC(=O)N(CCCl)CCCl)cc1C[C@@H](CC(=O)OC(C)(C)C)NC(=O)OC(C)(C)C. The summed E-state index contributed by atoms with van der Waals surface area (Å²) in [6.07, 6.45) is -0.954. The zero-order chi connectivity index (χ0) is 26.8. The van der Waals surface area contributed by atoms with Gasteiger partial charge < -0.3 is 24.4 Å². The Morgan fingerprint density at radius 1 is 0.971 bits per heavy atom. The fourth-order valence-electron chi connectivity index (χ4n) is 3.09. The van der Waals surface area contributed by atoms with E-state index in [1.54, 1.807) is 53.7 Å². The van der Waals surface area contributed by atoms with Gasteiger partial charge in [-0.25, -0.2) is 9.59 Å². The second-order valence-electron chi connectivity index (χ2n) is 10.2. The van der Waals surface area contributed by atoms with Crippen LogP contribution < -0.4 is 10.1 Å². The van der Waals surface area contributed by atoms with E-state index < -0.39 is 35.4 Å². The van der Waals surface area contributed by atoms with Crippen LogP contribution in [0.4, 0.5) is 9.59 Å². The molecule has 0 aliphatic rings. The van der Waals surface area contributed by atoms with E-state index in [0.717, 1.165) is 11.1 Å². The molecule has 0 unspecified atom stereocenters. The number of nitrogens with zero attached hydrogens (tertiary/aromatic N) is 1. The maximum atomic E-state index is 12.5. The van der Waals surface area contributed by atoms with E-state index in [4.69, 9.17) is 37.4 Å². The predicted octanol–water partition coefficient (Wildman–Crippen LogP) is 5.44. The first-order chi connectivity index (χ1) is 16.1. The average Bonchev–Trinajstić information content (AvgIpc) is 2.67. The van der Waals surface area contributed by atoms with Crippen LogP contribution in [0, 0.1) is 6.92 Å². The van der Waals surface area contributed by atoms with Crippen LogP contribution in [0.2, 0.25) is 0 Å². The van der Waals surface area contributed by atoms with Crippen molar-refractivity contribution in [3.63, 3.8) is 0 Å². The lowest BCUT2D eigenvalue weighted by Gasteiger charge is -2.25. The van der Waals surface area contributed by atoms with E-state index in [1.807, 2.05) is 13.0 Å². The van der Waals surface area contributed by atoms with Crippen molar-refractivity contribution >= 4 is 41.4 Å². The number of carbonyl (C=O) groups excluding carboxylic acids is 3. The molecule has 1 aromatic rings. The molecule has 0 spiro atoms. The molecule has 2 amide bonds. The quantitative estimate of drug-likeness (QED) is 0.318. The highest BCUT2D eigenvalue weighted by atomic mass is 35.5. The van der Waals surface area contributed by atoms with Crippen LogP contribution in [0.3, 0.4) is 0 Å². The molecular formula is C25H38Cl2N2O6. The van der Waals surface area contributed by atoms with Crippen molar-refractivity contribution in [2.24, 2.45) is 0 Å². The van der Waals surface area contributed by atoms with Gasteiger partial charge in [-0.2, -0.15) is 0 Å². The van der Waals surface area contributed by atoms with Crippen molar-refractivity contribution in [1.82, 2.24) is 10.2 Å². The highest BCUT2D eigenvalue weighted by Gasteiger charge is 2.25. The van der Waals surface area contributed by atoms with Gasteiger partial charge in [-0.05, 0) is 78.1 Å². The summed E-state index contributed by atoms with van der Waals surface area (Å²) < 4.78 is 16.3. The molecule has 35 heavy (non-hydrogen) atoms. The molecule has 10 heteroatoms. The van der Waals surface area contributed by atoms with Crippen molar-refractivity contribution in [1.29, 1.82) is 0 Å². The third kappa shape index (κ3) is 12.9. The molecular weight excluding hydrogens is 495 g/mol. The minimum absolute atomic E-state index is 0.0564. The number of hydrogen-bond acceptors (Lipinski definition) is 6. The lowest BCUT2D eigenvalue weighted by Crippen LogP contribution is -2.42. The average molecular weight is 533 g/mol. The Balaban J connectivity index is 3.08. The zero-order valence-corrected chi connectivity index (χ0v) is 23.2. The smallest absolute Gasteiger partial charge is 0.415 e. The lowest BCUT2D eigenvalue weighted by molar-refractivity contribution is -0.155. The monoisotopic (exact) mass is 532 g/mol. The fourth-order valence-corrected chi connectivity index (χ4v) is 3.50. The maximum Gasteiger partial charge on any atom is 0.415 e. The van der Waals surface area contributed by atoms with E-state index in [0.29, 0.717) is 25.3 Å². The highest BCUT2D eigenvalue weighted by molar-refractivity contribution is 6.18. The molecule has 0 saturated carbocycles. The number of halogens is 2. The van der Waals surface area contributed by atoms with Crippen molar-refractivity contribution in [2.45, 2.75) is 78.6 Å². The predicted molar refractivity (Wildman–Crippen MR) is 138 cm³/mol. The third-order valence-corrected chi connectivity index (χ3v) is 4.85. The molecule has 1 atom stereocenters. The number of ether oxygens (including phenoxy) is 3. The van der Waals surface area contributed by atoms with Gasteiger partial charge >= 0.3 is 18.2 Å². The lowest BCUT2D eigenvalue weighted by atomic mass is 9.98. The van der Waals surface area contributed by atoms with Crippen LogP contribution in [-0.4, -0.2) is 65.1 Å². The minimum atomic E-state index is -0.692. The summed E-state index contributed by atoms with van der Waals surface area (Å²) >= 11 is 11.5. The number of benzene rings is 1. The Labute approximate surface area is 218 Å². The first-order valence-electron chi connectivity index (χ1n) is 11.5. The van der Waals surface area contributed by atoms with Crippen LogP contribution in [0.25, 0.3) is 0 Å². The Kier molecular flexibility index (Phi) is 12.1. The standard InChI is InChI=1S/C25H38Cl2N2O6/c1-17-8-9-20(33-23(32)29(12-10-26)13-11-27)15-18(17)14-19(16-21(30)34-24(2,3)4)28-22(31)35-25(5,6)7/h8-9,15,19H,10-14,16H2,1-7H3,(H,28,31)/t19-/m0/s1. The summed E-state index contributed by atoms with van der Waals surface area (Å²) in [7, 11) is 0. The van der Waals surface area contributed by atoms with E-state index in [2.05, 4.69) is 5.32 Å².